The predicted octanol–water partition coefficient (Wildman–Crippen LogP) is 4.11. The van der Waals surface area contributed by atoms with Crippen LogP contribution in [0.15, 0.2) is 42.6 Å². The van der Waals surface area contributed by atoms with Crippen LogP contribution in [0.3, 0.4) is 0 Å². The zero-order valence-electron chi connectivity index (χ0n) is 11.4. The van der Waals surface area contributed by atoms with Crippen molar-refractivity contribution >= 4 is 22.6 Å². The SMILES string of the molecule is CCCNC(Cc1ccccn1)c1ccc(F)cc1I. The largest absolute Gasteiger partial charge is 0.310 e. The van der Waals surface area contributed by atoms with Gasteiger partial charge in [-0.2, -0.15) is 0 Å². The second-order valence-electron chi connectivity index (χ2n) is 4.70. The molecule has 1 N–H and O–H groups in total. The highest BCUT2D eigenvalue weighted by Crippen LogP contribution is 2.24. The predicted molar refractivity (Wildman–Crippen MR) is 88.1 cm³/mol. The average Bonchev–Trinajstić information content (AvgIpc) is 2.45. The third-order valence-corrected chi connectivity index (χ3v) is 4.05. The van der Waals surface area contributed by atoms with Crippen molar-refractivity contribution in [3.8, 4) is 0 Å². The Bertz CT molecular complexity index is 545. The number of nitrogens with zero attached hydrogens (tertiary/aromatic N) is 1. The van der Waals surface area contributed by atoms with E-state index in [0.29, 0.717) is 0 Å². The Hall–Kier alpha value is -1.01. The van der Waals surface area contributed by atoms with E-state index in [1.807, 2.05) is 30.5 Å². The van der Waals surface area contributed by atoms with Gasteiger partial charge in [-0.25, -0.2) is 4.39 Å². The molecule has 20 heavy (non-hydrogen) atoms. The van der Waals surface area contributed by atoms with E-state index in [-0.39, 0.29) is 11.9 Å². The number of benzene rings is 1. The minimum Gasteiger partial charge on any atom is -0.310 e. The number of halogens is 2. The first-order valence-electron chi connectivity index (χ1n) is 6.79. The number of nitrogens with one attached hydrogen (secondary N) is 1. The molecule has 1 aromatic carbocycles. The van der Waals surface area contributed by atoms with Gasteiger partial charge in [-0.3, -0.25) is 4.98 Å². The lowest BCUT2D eigenvalue weighted by molar-refractivity contribution is 0.521. The molecule has 0 fully saturated rings. The molecule has 0 aliphatic rings. The highest BCUT2D eigenvalue weighted by atomic mass is 127. The van der Waals surface area contributed by atoms with E-state index in [9.17, 15) is 4.39 Å². The molecular weight excluding hydrogens is 366 g/mol. The van der Waals surface area contributed by atoms with Gasteiger partial charge in [-0.1, -0.05) is 19.1 Å². The maximum Gasteiger partial charge on any atom is 0.124 e. The van der Waals surface area contributed by atoms with Crippen LogP contribution in [0.2, 0.25) is 0 Å². The second-order valence-corrected chi connectivity index (χ2v) is 5.86. The van der Waals surface area contributed by atoms with E-state index in [4.69, 9.17) is 0 Å². The molecule has 2 aromatic rings. The van der Waals surface area contributed by atoms with Gasteiger partial charge in [0, 0.05) is 27.9 Å². The Labute approximate surface area is 133 Å². The van der Waals surface area contributed by atoms with Crippen LogP contribution in [-0.2, 0) is 6.42 Å². The van der Waals surface area contributed by atoms with Crippen molar-refractivity contribution in [2.45, 2.75) is 25.8 Å². The average molecular weight is 384 g/mol. The van der Waals surface area contributed by atoms with Crippen LogP contribution in [-0.4, -0.2) is 11.5 Å². The lowest BCUT2D eigenvalue weighted by Crippen LogP contribution is -2.25. The molecule has 0 aliphatic heterocycles. The molecule has 1 heterocycles. The molecule has 2 nitrogen and oxygen atoms in total. The van der Waals surface area contributed by atoms with Gasteiger partial charge in [0.05, 0.1) is 0 Å². The van der Waals surface area contributed by atoms with E-state index in [2.05, 4.69) is 39.8 Å². The summed E-state index contributed by atoms with van der Waals surface area (Å²) < 4.78 is 14.2. The molecule has 0 saturated carbocycles. The number of pyridine rings is 1. The van der Waals surface area contributed by atoms with E-state index in [1.54, 1.807) is 6.07 Å². The molecule has 0 radical (unpaired) electrons. The molecule has 1 atom stereocenters. The van der Waals surface area contributed by atoms with Gasteiger partial charge in [0.15, 0.2) is 0 Å². The Morgan fingerprint density at radius 1 is 1.30 bits per heavy atom. The van der Waals surface area contributed by atoms with Crippen molar-refractivity contribution in [1.29, 1.82) is 0 Å². The van der Waals surface area contributed by atoms with Gasteiger partial charge >= 0.3 is 0 Å². The second kappa shape index (κ2) is 7.69. The molecule has 0 spiro atoms. The lowest BCUT2D eigenvalue weighted by atomic mass is 10.0. The zero-order chi connectivity index (χ0) is 14.4. The summed E-state index contributed by atoms with van der Waals surface area (Å²) in [5.41, 5.74) is 2.17. The molecule has 0 bridgehead atoms. The molecule has 2 rings (SSSR count). The van der Waals surface area contributed by atoms with Gasteiger partial charge in [0.1, 0.15) is 5.82 Å². The highest BCUT2D eigenvalue weighted by molar-refractivity contribution is 14.1. The number of hydrogen-bond acceptors (Lipinski definition) is 2. The quantitative estimate of drug-likeness (QED) is 0.759. The molecule has 0 saturated heterocycles. The van der Waals surface area contributed by atoms with Crippen molar-refractivity contribution in [2.24, 2.45) is 0 Å². The topological polar surface area (TPSA) is 24.9 Å². The third-order valence-electron chi connectivity index (χ3n) is 3.12. The van der Waals surface area contributed by atoms with Crippen molar-refractivity contribution in [3.63, 3.8) is 0 Å². The fourth-order valence-corrected chi connectivity index (χ4v) is 2.98. The number of hydrogen-bond donors (Lipinski definition) is 1. The van der Waals surface area contributed by atoms with Crippen LogP contribution in [0.4, 0.5) is 4.39 Å². The first kappa shape index (κ1) is 15.4. The van der Waals surface area contributed by atoms with Gasteiger partial charge in [-0.15, -0.1) is 0 Å². The van der Waals surface area contributed by atoms with Gasteiger partial charge in [0.2, 0.25) is 0 Å². The molecular formula is C16H18FIN2. The fraction of sp³-hybridized carbons (Fsp3) is 0.312. The highest BCUT2D eigenvalue weighted by Gasteiger charge is 2.15. The normalized spacial score (nSPS) is 12.3. The molecule has 1 aromatic heterocycles. The summed E-state index contributed by atoms with van der Waals surface area (Å²) >= 11 is 2.20. The summed E-state index contributed by atoms with van der Waals surface area (Å²) in [5, 5.41) is 3.53. The number of rotatable bonds is 6. The van der Waals surface area contributed by atoms with Crippen molar-refractivity contribution in [3.05, 3.63) is 63.2 Å². The summed E-state index contributed by atoms with van der Waals surface area (Å²) in [6, 6.07) is 11.1. The summed E-state index contributed by atoms with van der Waals surface area (Å²) in [4.78, 5) is 4.38. The minimum atomic E-state index is -0.190. The van der Waals surface area contributed by atoms with Crippen molar-refractivity contribution in [1.82, 2.24) is 10.3 Å². The zero-order valence-corrected chi connectivity index (χ0v) is 13.6. The number of aromatic nitrogens is 1. The van der Waals surface area contributed by atoms with E-state index >= 15 is 0 Å². The Kier molecular flexibility index (Phi) is 5.91. The summed E-state index contributed by atoms with van der Waals surface area (Å²) in [6.07, 6.45) is 3.68. The standard InChI is InChI=1S/C16H18FIN2/c1-2-8-20-16(11-13-5-3-4-9-19-13)14-7-6-12(17)10-15(14)18/h3-7,9-10,16,20H,2,8,11H2,1H3. The first-order valence-corrected chi connectivity index (χ1v) is 7.87. The molecule has 4 heteroatoms. The van der Waals surface area contributed by atoms with Gasteiger partial charge in [0.25, 0.3) is 0 Å². The Morgan fingerprint density at radius 2 is 2.15 bits per heavy atom. The van der Waals surface area contributed by atoms with Crippen LogP contribution >= 0.6 is 22.6 Å². The van der Waals surface area contributed by atoms with Crippen LogP contribution in [0, 0.1) is 9.39 Å². The van der Waals surface area contributed by atoms with Crippen LogP contribution in [0.1, 0.15) is 30.6 Å². The Balaban J connectivity index is 2.22. The lowest BCUT2D eigenvalue weighted by Gasteiger charge is -2.20. The molecule has 0 aliphatic carbocycles. The summed E-state index contributed by atoms with van der Waals surface area (Å²) in [5.74, 6) is -0.190. The fourth-order valence-electron chi connectivity index (χ4n) is 2.12. The molecule has 1 unspecified atom stereocenters. The minimum absolute atomic E-state index is 0.164. The van der Waals surface area contributed by atoms with Crippen molar-refractivity contribution < 1.29 is 4.39 Å². The maximum atomic E-state index is 13.3. The maximum absolute atomic E-state index is 13.3. The monoisotopic (exact) mass is 384 g/mol. The van der Waals surface area contributed by atoms with E-state index < -0.39 is 0 Å². The van der Waals surface area contributed by atoms with E-state index in [1.165, 1.54) is 6.07 Å². The van der Waals surface area contributed by atoms with Crippen LogP contribution in [0.25, 0.3) is 0 Å². The smallest absolute Gasteiger partial charge is 0.124 e. The van der Waals surface area contributed by atoms with Crippen LogP contribution < -0.4 is 5.32 Å². The Morgan fingerprint density at radius 3 is 2.80 bits per heavy atom. The summed E-state index contributed by atoms with van der Waals surface area (Å²) in [6.45, 7) is 3.07. The van der Waals surface area contributed by atoms with Gasteiger partial charge < -0.3 is 5.32 Å². The summed E-state index contributed by atoms with van der Waals surface area (Å²) in [7, 11) is 0. The van der Waals surface area contributed by atoms with Crippen LogP contribution in [0.5, 0.6) is 0 Å². The first-order chi connectivity index (χ1) is 9.70. The van der Waals surface area contributed by atoms with Crippen molar-refractivity contribution in [2.75, 3.05) is 6.54 Å². The van der Waals surface area contributed by atoms with Gasteiger partial charge in [-0.05, 0) is 65.4 Å². The van der Waals surface area contributed by atoms with E-state index in [0.717, 1.165) is 34.2 Å². The molecule has 0 amide bonds. The molecule has 106 valence electrons. The third kappa shape index (κ3) is 4.24.